The molecule has 0 aromatic heterocycles. The quantitative estimate of drug-likeness (QED) is 0.0690. The number of carbonyl (C=O) groups excluding carboxylic acids is 1. The van der Waals surface area contributed by atoms with Crippen molar-refractivity contribution in [2.45, 2.75) is 80.5 Å². The van der Waals surface area contributed by atoms with E-state index in [1.54, 1.807) is 0 Å². The minimum absolute atomic E-state index is 0. The number of phenols is 3. The van der Waals surface area contributed by atoms with Crippen LogP contribution in [0.3, 0.4) is 0 Å². The Morgan fingerprint density at radius 2 is 1.45 bits per heavy atom. The molecule has 49 heavy (non-hydrogen) atoms. The second-order valence-corrected chi connectivity index (χ2v) is 12.2. The van der Waals surface area contributed by atoms with Gasteiger partial charge < -0.3 is 88.5 Å². The average molecular weight is 736 g/mol. The number of phosphoric ester groups is 1. The van der Waals surface area contributed by atoms with Crippen molar-refractivity contribution in [1.82, 2.24) is 0 Å². The number of Topliss-reactive ketones (excluding diaryl/α,β-unsaturated/α-hetero) is 1. The second kappa shape index (κ2) is 16.7. The van der Waals surface area contributed by atoms with Gasteiger partial charge in [-0.1, -0.05) is 6.07 Å². The molecule has 2 aromatic carbocycles. The SMILES string of the molecule is CC1O[C@H](OC[C@H]2O[C@@H](OC3C(=O)c4c(cc(O)cc4OP(=O)([O-])[O-])OC3c3ccc(O)c(O)c3)C(O)[C@@H](O)C2O)[C@H](O)[C@H](O)C1O.[Na+].[Na+]. The van der Waals surface area contributed by atoms with Gasteiger partial charge in [-0.15, -0.1) is 0 Å². The largest absolute Gasteiger partial charge is 1.00 e. The maximum atomic E-state index is 13.9. The molecule has 0 radical (unpaired) electrons. The number of phenolic OH excluding ortho intramolecular Hbond substituents is 3. The Labute approximate surface area is 321 Å². The zero-order valence-electron chi connectivity index (χ0n) is 26.1. The van der Waals surface area contributed by atoms with Gasteiger partial charge in [-0.25, -0.2) is 0 Å². The van der Waals surface area contributed by atoms with Crippen LogP contribution in [0, 0.1) is 0 Å². The molecule has 3 aliphatic rings. The number of hydrogen-bond acceptors (Lipinski definition) is 19. The number of rotatable bonds is 8. The summed E-state index contributed by atoms with van der Waals surface area (Å²) >= 11 is 0. The van der Waals surface area contributed by atoms with Crippen molar-refractivity contribution in [2.24, 2.45) is 0 Å². The van der Waals surface area contributed by atoms with Crippen molar-refractivity contribution in [1.29, 1.82) is 0 Å². The van der Waals surface area contributed by atoms with Crippen molar-refractivity contribution >= 4 is 13.6 Å². The minimum atomic E-state index is -5.81. The summed E-state index contributed by atoms with van der Waals surface area (Å²) in [6, 6.07) is 4.75. The molecule has 3 aliphatic heterocycles. The van der Waals surface area contributed by atoms with Crippen LogP contribution in [-0.2, 0) is 23.5 Å². The van der Waals surface area contributed by atoms with E-state index in [2.05, 4.69) is 4.52 Å². The Hall–Kier alpha value is -1.14. The van der Waals surface area contributed by atoms with E-state index in [1.165, 1.54) is 13.0 Å². The first-order chi connectivity index (χ1) is 22.0. The summed E-state index contributed by atoms with van der Waals surface area (Å²) in [6.45, 7) is 0.720. The maximum Gasteiger partial charge on any atom is 1.00 e. The normalized spacial score (nSPS) is 34.5. The Morgan fingerprint density at radius 3 is 2.08 bits per heavy atom. The third kappa shape index (κ3) is 9.09. The van der Waals surface area contributed by atoms with E-state index in [9.17, 15) is 65.1 Å². The van der Waals surface area contributed by atoms with Gasteiger partial charge in [-0.3, -0.25) is 4.79 Å². The van der Waals surface area contributed by atoms with Gasteiger partial charge in [-0.2, -0.15) is 0 Å². The molecule has 5 rings (SSSR count). The van der Waals surface area contributed by atoms with Crippen molar-refractivity contribution in [3.05, 3.63) is 41.5 Å². The van der Waals surface area contributed by atoms with Crippen LogP contribution in [-0.4, -0.2) is 126 Å². The Kier molecular flexibility index (Phi) is 14.4. The van der Waals surface area contributed by atoms with Crippen LogP contribution in [0.5, 0.6) is 28.7 Å². The number of hydrogen-bond donors (Lipinski definition) is 9. The number of aliphatic hydroxyl groups is 6. The zero-order chi connectivity index (χ0) is 34.5. The molecule has 2 saturated heterocycles. The first kappa shape index (κ1) is 42.3. The van der Waals surface area contributed by atoms with E-state index in [0.717, 1.165) is 18.2 Å². The molecule has 19 nitrogen and oxygen atoms in total. The summed E-state index contributed by atoms with van der Waals surface area (Å²) in [5.74, 6) is -4.48. The summed E-state index contributed by atoms with van der Waals surface area (Å²) in [7, 11) is -5.81. The number of aliphatic hydroxyl groups excluding tert-OH is 6. The number of fused-ring (bicyclic) bond motifs is 1. The standard InChI is InChI=1S/C27H33O19P.2Na/c1-8-17(31)20(34)22(36)26(42-8)41-7-15-18(32)21(35)23(37)27(44-15)45-25-19(33)16-13(5-10(28)6-14(16)46-47(38,39)40)43-24(25)9-2-3-11(29)12(30)4-9;;/h2-6,8,15,17-18,20-32,34-37H,7H2,1H3,(H2,38,39,40);;/q;2*+1/p-2/t8?,15-,17?,18?,20-,21+,22-,23?,24?,25?,26+,27+;;/m1../s1. The van der Waals surface area contributed by atoms with Gasteiger partial charge in [0.25, 0.3) is 0 Å². The monoisotopic (exact) mass is 736 g/mol. The molecule has 6 unspecified atom stereocenters. The Bertz CT molecular complexity index is 1530. The predicted octanol–water partition coefficient (Wildman–Crippen LogP) is -9.63. The first-order valence-electron chi connectivity index (χ1n) is 13.9. The van der Waals surface area contributed by atoms with Gasteiger partial charge in [0, 0.05) is 12.1 Å². The molecule has 2 fully saturated rings. The van der Waals surface area contributed by atoms with E-state index < -0.39 is 128 Å². The van der Waals surface area contributed by atoms with Gasteiger partial charge in [-0.05, 0) is 24.6 Å². The van der Waals surface area contributed by atoms with Crippen LogP contribution in [0.1, 0.15) is 28.9 Å². The van der Waals surface area contributed by atoms with E-state index >= 15 is 0 Å². The number of carbonyl (C=O) groups is 1. The summed E-state index contributed by atoms with van der Waals surface area (Å²) in [4.78, 5) is 36.7. The molecule has 3 heterocycles. The Morgan fingerprint density at radius 1 is 0.816 bits per heavy atom. The van der Waals surface area contributed by atoms with Crippen LogP contribution in [0.4, 0.5) is 0 Å². The molecule has 0 aliphatic carbocycles. The average Bonchev–Trinajstić information content (AvgIpc) is 2.99. The van der Waals surface area contributed by atoms with E-state index in [0.29, 0.717) is 6.07 Å². The third-order valence-electron chi connectivity index (χ3n) is 7.81. The molecule has 0 saturated carbocycles. The van der Waals surface area contributed by atoms with Gasteiger partial charge in [0.1, 0.15) is 73.4 Å². The number of aromatic hydroxyl groups is 3. The molecule has 260 valence electrons. The number of ketones is 1. The fourth-order valence-corrected chi connectivity index (χ4v) is 5.71. The summed E-state index contributed by atoms with van der Waals surface area (Å²) < 4.78 is 43.7. The summed E-state index contributed by atoms with van der Waals surface area (Å²) in [5, 5.41) is 92.1. The van der Waals surface area contributed by atoms with Crippen molar-refractivity contribution in [2.75, 3.05) is 6.61 Å². The molecule has 22 heteroatoms. The van der Waals surface area contributed by atoms with Crippen LogP contribution in [0.15, 0.2) is 30.3 Å². The third-order valence-corrected chi connectivity index (χ3v) is 8.23. The van der Waals surface area contributed by atoms with Gasteiger partial charge in [0.15, 0.2) is 36.3 Å². The van der Waals surface area contributed by atoms with Crippen LogP contribution >= 0.6 is 7.82 Å². The topological polar surface area (TPSA) is 318 Å². The fourth-order valence-electron chi connectivity index (χ4n) is 5.33. The van der Waals surface area contributed by atoms with Gasteiger partial charge in [0.2, 0.25) is 5.78 Å². The zero-order valence-corrected chi connectivity index (χ0v) is 31.0. The summed E-state index contributed by atoms with van der Waals surface area (Å²) in [5.41, 5.74) is -0.736. The smallest absolute Gasteiger partial charge is 0.780 e. The van der Waals surface area contributed by atoms with Crippen LogP contribution < -0.4 is 78.2 Å². The van der Waals surface area contributed by atoms with E-state index in [4.69, 9.17) is 23.7 Å². The summed E-state index contributed by atoms with van der Waals surface area (Å²) in [6.07, 6.45) is -20.4. The maximum absolute atomic E-state index is 13.9. The molecule has 0 spiro atoms. The Balaban J connectivity index is 0.00000325. The fraction of sp³-hybridized carbons (Fsp3) is 0.519. The molecule has 0 bridgehead atoms. The number of benzene rings is 2. The molecule has 0 amide bonds. The molecule has 2 aromatic rings. The first-order valence-corrected chi connectivity index (χ1v) is 15.4. The van der Waals surface area contributed by atoms with Crippen LogP contribution in [0.2, 0.25) is 0 Å². The van der Waals surface area contributed by atoms with E-state index in [-0.39, 0.29) is 64.7 Å². The van der Waals surface area contributed by atoms with Gasteiger partial charge in [0.05, 0.1) is 12.7 Å². The molecular formula is C27H31Na2O19P. The number of ether oxygens (including phenoxy) is 5. The van der Waals surface area contributed by atoms with Crippen molar-refractivity contribution in [3.8, 4) is 28.7 Å². The van der Waals surface area contributed by atoms with Gasteiger partial charge >= 0.3 is 59.1 Å². The molecular weight excluding hydrogens is 705 g/mol. The number of phosphoric acid groups is 1. The van der Waals surface area contributed by atoms with E-state index in [1.807, 2.05) is 0 Å². The van der Waals surface area contributed by atoms with Crippen LogP contribution in [0.25, 0.3) is 0 Å². The minimum Gasteiger partial charge on any atom is -0.780 e. The van der Waals surface area contributed by atoms with Crippen molar-refractivity contribution in [3.63, 3.8) is 0 Å². The van der Waals surface area contributed by atoms with Crippen molar-refractivity contribution < 1.29 is 152 Å². The second-order valence-electron chi connectivity index (χ2n) is 11.1. The predicted molar refractivity (Wildman–Crippen MR) is 144 cm³/mol. The molecule has 9 N–H and O–H groups in total. The molecule has 12 atom stereocenters.